The predicted molar refractivity (Wildman–Crippen MR) is 113 cm³/mol. The van der Waals surface area contributed by atoms with E-state index in [9.17, 15) is 19.7 Å². The third kappa shape index (κ3) is 3.66. The summed E-state index contributed by atoms with van der Waals surface area (Å²) < 4.78 is 1.79. The molecule has 1 fully saturated rings. The van der Waals surface area contributed by atoms with E-state index in [1.165, 1.54) is 23.1 Å². The Bertz CT molecular complexity index is 1110. The van der Waals surface area contributed by atoms with Crippen molar-refractivity contribution in [2.75, 3.05) is 6.54 Å². The van der Waals surface area contributed by atoms with Crippen LogP contribution in [0.1, 0.15) is 23.9 Å². The fourth-order valence-electron chi connectivity index (χ4n) is 3.25. The van der Waals surface area contributed by atoms with Crippen molar-refractivity contribution >= 4 is 52.5 Å². The largest absolute Gasteiger partial charge is 0.318 e. The van der Waals surface area contributed by atoms with Gasteiger partial charge >= 0.3 is 0 Å². The number of hydrogen-bond acceptors (Lipinski definition) is 5. The minimum atomic E-state index is -0.559. The molecule has 0 unspecified atom stereocenters. The van der Waals surface area contributed by atoms with Gasteiger partial charge in [0.05, 0.1) is 10.6 Å². The van der Waals surface area contributed by atoms with Gasteiger partial charge in [-0.1, -0.05) is 11.6 Å². The van der Waals surface area contributed by atoms with Crippen molar-refractivity contribution in [3.05, 3.63) is 61.9 Å². The number of likely N-dealkylation sites (N-methyl/N-ethyl adjacent to an activating group) is 1. The SMILES string of the molecule is CCN1C(=O)/C(=C/c2cc(C)n(-c3ccc(Cl)c([N+](=O)[O-])c3)c2C)C(=O)NC1=S. The van der Waals surface area contributed by atoms with Crippen LogP contribution in [0.15, 0.2) is 29.8 Å². The topological polar surface area (TPSA) is 97.5 Å². The van der Waals surface area contributed by atoms with Gasteiger partial charge in [0.25, 0.3) is 17.5 Å². The van der Waals surface area contributed by atoms with Gasteiger partial charge < -0.3 is 4.57 Å². The lowest BCUT2D eigenvalue weighted by Crippen LogP contribution is -2.53. The summed E-state index contributed by atoms with van der Waals surface area (Å²) in [6.07, 6.45) is 1.51. The molecule has 0 spiro atoms. The number of thiocarbonyl (C=S) groups is 1. The number of benzene rings is 1. The molecular weight excluding hydrogens is 416 g/mol. The molecule has 0 saturated carbocycles. The van der Waals surface area contributed by atoms with Crippen molar-refractivity contribution in [3.63, 3.8) is 0 Å². The van der Waals surface area contributed by atoms with Gasteiger partial charge in [-0.05, 0) is 62.8 Å². The molecule has 1 aromatic carbocycles. The highest BCUT2D eigenvalue weighted by molar-refractivity contribution is 7.80. The summed E-state index contributed by atoms with van der Waals surface area (Å²) in [5.74, 6) is -1.02. The van der Waals surface area contributed by atoms with E-state index in [0.717, 1.165) is 5.69 Å². The zero-order valence-corrected chi connectivity index (χ0v) is 17.4. The number of amides is 2. The molecule has 1 aliphatic heterocycles. The standard InChI is InChI=1S/C19H17ClN4O4S/c1-4-22-18(26)14(17(25)21-19(22)29)8-12-7-10(2)23(11(12)3)13-5-6-15(20)16(9-13)24(27)28/h5-9H,4H2,1-3H3,(H,21,25,29)/b14-8+. The van der Waals surface area contributed by atoms with Crippen molar-refractivity contribution in [2.45, 2.75) is 20.8 Å². The van der Waals surface area contributed by atoms with Crippen LogP contribution in [0.25, 0.3) is 11.8 Å². The lowest BCUT2D eigenvalue weighted by molar-refractivity contribution is -0.384. The molecule has 1 aromatic heterocycles. The summed E-state index contributed by atoms with van der Waals surface area (Å²) >= 11 is 10.9. The number of halogens is 1. The van der Waals surface area contributed by atoms with Gasteiger partial charge in [-0.2, -0.15) is 0 Å². The lowest BCUT2D eigenvalue weighted by Gasteiger charge is -2.27. The van der Waals surface area contributed by atoms with E-state index in [0.29, 0.717) is 23.5 Å². The van der Waals surface area contributed by atoms with Crippen LogP contribution < -0.4 is 5.32 Å². The third-order valence-corrected chi connectivity index (χ3v) is 5.30. The maximum absolute atomic E-state index is 12.6. The summed E-state index contributed by atoms with van der Waals surface area (Å²) in [6, 6.07) is 6.31. The average molecular weight is 433 g/mol. The summed E-state index contributed by atoms with van der Waals surface area (Å²) in [5, 5.41) is 13.8. The van der Waals surface area contributed by atoms with Gasteiger partial charge in [-0.3, -0.25) is 29.9 Å². The van der Waals surface area contributed by atoms with Crippen LogP contribution in [0.4, 0.5) is 5.69 Å². The predicted octanol–water partition coefficient (Wildman–Crippen LogP) is 3.30. The number of rotatable bonds is 4. The van der Waals surface area contributed by atoms with Crippen LogP contribution in [0.2, 0.25) is 5.02 Å². The fourth-order valence-corrected chi connectivity index (χ4v) is 3.74. The zero-order chi connectivity index (χ0) is 21.5. The summed E-state index contributed by atoms with van der Waals surface area (Å²) in [7, 11) is 0. The van der Waals surface area contributed by atoms with E-state index < -0.39 is 16.7 Å². The molecule has 1 N–H and O–H groups in total. The molecule has 150 valence electrons. The number of aryl methyl sites for hydroxylation is 1. The Morgan fingerprint density at radius 1 is 1.28 bits per heavy atom. The maximum atomic E-state index is 12.6. The van der Waals surface area contributed by atoms with E-state index in [2.05, 4.69) is 5.32 Å². The molecule has 0 bridgehead atoms. The number of carbonyl (C=O) groups excluding carboxylic acids is 2. The molecule has 0 radical (unpaired) electrons. The molecule has 0 aliphatic carbocycles. The van der Waals surface area contributed by atoms with E-state index in [1.807, 2.05) is 6.92 Å². The Morgan fingerprint density at radius 2 is 1.97 bits per heavy atom. The van der Waals surface area contributed by atoms with Gasteiger partial charge in [-0.25, -0.2) is 0 Å². The number of carbonyl (C=O) groups is 2. The van der Waals surface area contributed by atoms with Gasteiger partial charge in [-0.15, -0.1) is 0 Å². The van der Waals surface area contributed by atoms with Crippen molar-refractivity contribution < 1.29 is 14.5 Å². The van der Waals surface area contributed by atoms with Gasteiger partial charge in [0, 0.05) is 24.0 Å². The van der Waals surface area contributed by atoms with Gasteiger partial charge in [0.15, 0.2) is 5.11 Å². The van der Waals surface area contributed by atoms with Crippen LogP contribution >= 0.6 is 23.8 Å². The molecule has 2 amide bonds. The van der Waals surface area contributed by atoms with Crippen LogP contribution in [0.3, 0.4) is 0 Å². The van der Waals surface area contributed by atoms with Crippen molar-refractivity contribution in [1.82, 2.24) is 14.8 Å². The number of hydrogen-bond donors (Lipinski definition) is 1. The van der Waals surface area contributed by atoms with Gasteiger partial charge in [0.2, 0.25) is 0 Å². The Labute approximate surface area is 176 Å². The number of nitrogens with zero attached hydrogens (tertiary/aromatic N) is 3. The molecule has 29 heavy (non-hydrogen) atoms. The lowest BCUT2D eigenvalue weighted by atomic mass is 10.1. The summed E-state index contributed by atoms with van der Waals surface area (Å²) in [6.45, 7) is 5.72. The molecular formula is C19H17ClN4O4S. The van der Waals surface area contributed by atoms with Gasteiger partial charge in [0.1, 0.15) is 10.6 Å². The maximum Gasteiger partial charge on any atom is 0.289 e. The van der Waals surface area contributed by atoms with E-state index in [-0.39, 0.29) is 21.4 Å². The first-order chi connectivity index (χ1) is 13.6. The first-order valence-corrected chi connectivity index (χ1v) is 9.46. The van der Waals surface area contributed by atoms with Crippen molar-refractivity contribution in [2.24, 2.45) is 0 Å². The van der Waals surface area contributed by atoms with Crippen molar-refractivity contribution in [3.8, 4) is 5.69 Å². The monoisotopic (exact) mass is 432 g/mol. The number of nitro groups is 1. The normalized spacial score (nSPS) is 15.8. The van der Waals surface area contributed by atoms with Crippen LogP contribution in [0, 0.1) is 24.0 Å². The zero-order valence-electron chi connectivity index (χ0n) is 15.9. The molecule has 2 aromatic rings. The van der Waals surface area contributed by atoms with Crippen LogP contribution in [0.5, 0.6) is 0 Å². The Morgan fingerprint density at radius 3 is 2.59 bits per heavy atom. The summed E-state index contributed by atoms with van der Waals surface area (Å²) in [5.41, 5.74) is 2.45. The second-order valence-corrected chi connectivity index (χ2v) is 7.22. The highest BCUT2D eigenvalue weighted by Crippen LogP contribution is 2.30. The second kappa shape index (κ2) is 7.76. The highest BCUT2D eigenvalue weighted by Gasteiger charge is 2.32. The Balaban J connectivity index is 2.09. The number of nitro benzene ring substituents is 1. The highest BCUT2D eigenvalue weighted by atomic mass is 35.5. The van der Waals surface area contributed by atoms with E-state index in [1.54, 1.807) is 30.5 Å². The molecule has 0 atom stereocenters. The Kier molecular flexibility index (Phi) is 5.54. The summed E-state index contributed by atoms with van der Waals surface area (Å²) in [4.78, 5) is 36.9. The molecule has 8 nitrogen and oxygen atoms in total. The number of nitrogens with one attached hydrogen (secondary N) is 1. The molecule has 3 rings (SSSR count). The first-order valence-electron chi connectivity index (χ1n) is 8.67. The third-order valence-electron chi connectivity index (χ3n) is 4.66. The molecule has 1 saturated heterocycles. The fraction of sp³-hybridized carbons (Fsp3) is 0.211. The molecule has 2 heterocycles. The average Bonchev–Trinajstić information content (AvgIpc) is 2.92. The van der Waals surface area contributed by atoms with E-state index >= 15 is 0 Å². The minimum absolute atomic E-state index is 0.0252. The smallest absolute Gasteiger partial charge is 0.289 e. The van der Waals surface area contributed by atoms with Crippen LogP contribution in [-0.2, 0) is 9.59 Å². The van der Waals surface area contributed by atoms with E-state index in [4.69, 9.17) is 23.8 Å². The second-order valence-electron chi connectivity index (χ2n) is 6.42. The quantitative estimate of drug-likeness (QED) is 0.263. The van der Waals surface area contributed by atoms with Crippen LogP contribution in [-0.4, -0.2) is 37.9 Å². The minimum Gasteiger partial charge on any atom is -0.318 e. The molecule has 1 aliphatic rings. The first kappa shape index (κ1) is 20.7. The number of aromatic nitrogens is 1. The molecule has 10 heteroatoms. The Hall–Kier alpha value is -3.04. The van der Waals surface area contributed by atoms with Crippen molar-refractivity contribution in [1.29, 1.82) is 0 Å².